The zero-order valence-corrected chi connectivity index (χ0v) is 12.4. The smallest absolute Gasteiger partial charge is 0.120 e. The molecule has 0 fully saturated rings. The summed E-state index contributed by atoms with van der Waals surface area (Å²) in [5.41, 5.74) is 3.99. The molecule has 3 heterocycles. The van der Waals surface area contributed by atoms with Crippen LogP contribution in [0.1, 0.15) is 0 Å². The van der Waals surface area contributed by atoms with E-state index >= 15 is 0 Å². The molecule has 0 spiro atoms. The normalized spacial score (nSPS) is 10.7. The monoisotopic (exact) mass is 304 g/mol. The summed E-state index contributed by atoms with van der Waals surface area (Å²) in [4.78, 5) is 4.37. The van der Waals surface area contributed by atoms with Gasteiger partial charge in [0.15, 0.2) is 0 Å². The minimum absolute atomic E-state index is 0.869. The van der Waals surface area contributed by atoms with E-state index in [0.717, 1.165) is 27.5 Å². The molecule has 0 atom stereocenters. The Balaban J connectivity index is 1.66. The SMILES string of the molecule is c1ccc(-c2cn(-c3cc(-c4ccccn4)cs3)nn2)cc1. The molecule has 0 amide bonds. The summed E-state index contributed by atoms with van der Waals surface area (Å²) in [5, 5.41) is 11.6. The van der Waals surface area contributed by atoms with Gasteiger partial charge >= 0.3 is 0 Å². The van der Waals surface area contributed by atoms with Gasteiger partial charge in [-0.25, -0.2) is 4.68 Å². The molecular formula is C17H12N4S. The minimum Gasteiger partial charge on any atom is -0.256 e. The highest BCUT2D eigenvalue weighted by molar-refractivity contribution is 7.13. The molecule has 0 N–H and O–H groups in total. The van der Waals surface area contributed by atoms with Crippen LogP contribution >= 0.6 is 11.3 Å². The quantitative estimate of drug-likeness (QED) is 0.573. The van der Waals surface area contributed by atoms with Crippen molar-refractivity contribution in [3.8, 4) is 27.5 Å². The Morgan fingerprint density at radius 2 is 1.73 bits per heavy atom. The van der Waals surface area contributed by atoms with Crippen LogP contribution in [0.2, 0.25) is 0 Å². The van der Waals surface area contributed by atoms with Crippen LogP contribution in [0, 0.1) is 0 Å². The van der Waals surface area contributed by atoms with Gasteiger partial charge < -0.3 is 0 Å². The lowest BCUT2D eigenvalue weighted by molar-refractivity contribution is 0.815. The fourth-order valence-electron chi connectivity index (χ4n) is 2.23. The largest absolute Gasteiger partial charge is 0.256 e. The minimum atomic E-state index is 0.869. The molecule has 4 rings (SSSR count). The molecule has 0 aliphatic rings. The highest BCUT2D eigenvalue weighted by Crippen LogP contribution is 2.27. The first-order valence-electron chi connectivity index (χ1n) is 6.88. The number of hydrogen-bond acceptors (Lipinski definition) is 4. The fourth-order valence-corrected chi connectivity index (χ4v) is 3.05. The van der Waals surface area contributed by atoms with Crippen molar-refractivity contribution in [1.82, 2.24) is 20.0 Å². The van der Waals surface area contributed by atoms with E-state index in [-0.39, 0.29) is 0 Å². The lowest BCUT2D eigenvalue weighted by atomic mass is 10.2. The Morgan fingerprint density at radius 1 is 0.864 bits per heavy atom. The van der Waals surface area contributed by atoms with E-state index in [1.54, 1.807) is 22.2 Å². The summed E-state index contributed by atoms with van der Waals surface area (Å²) < 4.78 is 1.80. The Labute approximate surface area is 131 Å². The first kappa shape index (κ1) is 12.9. The highest BCUT2D eigenvalue weighted by atomic mass is 32.1. The third-order valence-corrected chi connectivity index (χ3v) is 4.25. The Morgan fingerprint density at radius 3 is 2.55 bits per heavy atom. The van der Waals surface area contributed by atoms with E-state index in [4.69, 9.17) is 0 Å². The number of rotatable bonds is 3. The van der Waals surface area contributed by atoms with Crippen molar-refractivity contribution in [1.29, 1.82) is 0 Å². The zero-order valence-electron chi connectivity index (χ0n) is 11.6. The second kappa shape index (κ2) is 5.54. The molecule has 0 aliphatic carbocycles. The molecule has 0 unspecified atom stereocenters. The summed E-state index contributed by atoms with van der Waals surface area (Å²) in [6.45, 7) is 0. The van der Waals surface area contributed by atoms with E-state index in [1.165, 1.54) is 0 Å². The van der Waals surface area contributed by atoms with Crippen LogP contribution in [-0.2, 0) is 0 Å². The summed E-state index contributed by atoms with van der Waals surface area (Å²) in [6.07, 6.45) is 3.75. The molecular weight excluding hydrogens is 292 g/mol. The van der Waals surface area contributed by atoms with E-state index < -0.39 is 0 Å². The first-order chi connectivity index (χ1) is 10.9. The van der Waals surface area contributed by atoms with Crippen LogP contribution in [0.5, 0.6) is 0 Å². The van der Waals surface area contributed by atoms with Crippen LogP contribution in [0.25, 0.3) is 27.5 Å². The molecule has 0 saturated heterocycles. The standard InChI is InChI=1S/C17H12N4S/c1-2-6-13(7-3-1)16-11-21(20-19-16)17-10-14(12-22-17)15-8-4-5-9-18-15/h1-12H. The maximum Gasteiger partial charge on any atom is 0.120 e. The van der Waals surface area contributed by atoms with Gasteiger partial charge in [0.05, 0.1) is 11.9 Å². The predicted molar refractivity (Wildman–Crippen MR) is 87.9 cm³/mol. The Kier molecular flexibility index (Phi) is 3.25. The third kappa shape index (κ3) is 2.42. The van der Waals surface area contributed by atoms with Gasteiger partial charge in [0, 0.05) is 22.7 Å². The first-order valence-corrected chi connectivity index (χ1v) is 7.76. The van der Waals surface area contributed by atoms with E-state index in [0.29, 0.717) is 0 Å². The second-order valence-corrected chi connectivity index (χ2v) is 5.69. The third-order valence-electron chi connectivity index (χ3n) is 3.34. The number of hydrogen-bond donors (Lipinski definition) is 0. The van der Waals surface area contributed by atoms with E-state index in [2.05, 4.69) is 26.7 Å². The number of thiophene rings is 1. The Hall–Kier alpha value is -2.79. The molecule has 4 aromatic rings. The van der Waals surface area contributed by atoms with Crippen molar-refractivity contribution in [3.63, 3.8) is 0 Å². The van der Waals surface area contributed by atoms with Gasteiger partial charge in [-0.3, -0.25) is 4.98 Å². The number of nitrogens with zero attached hydrogens (tertiary/aromatic N) is 4. The average Bonchev–Trinajstić information content (AvgIpc) is 3.26. The molecule has 3 aromatic heterocycles. The average molecular weight is 304 g/mol. The van der Waals surface area contributed by atoms with Crippen molar-refractivity contribution in [2.45, 2.75) is 0 Å². The number of aromatic nitrogens is 4. The fraction of sp³-hybridized carbons (Fsp3) is 0. The molecule has 106 valence electrons. The highest BCUT2D eigenvalue weighted by Gasteiger charge is 2.08. The van der Waals surface area contributed by atoms with Crippen molar-refractivity contribution in [2.24, 2.45) is 0 Å². The van der Waals surface area contributed by atoms with Crippen molar-refractivity contribution in [2.75, 3.05) is 0 Å². The van der Waals surface area contributed by atoms with Crippen LogP contribution in [0.4, 0.5) is 0 Å². The zero-order chi connectivity index (χ0) is 14.8. The maximum atomic E-state index is 4.37. The lowest BCUT2D eigenvalue weighted by Crippen LogP contribution is -1.90. The van der Waals surface area contributed by atoms with Gasteiger partial charge in [0.1, 0.15) is 10.7 Å². The van der Waals surface area contributed by atoms with Gasteiger partial charge in [-0.1, -0.05) is 41.6 Å². The predicted octanol–water partition coefficient (Wildman–Crippen LogP) is 4.06. The number of pyridine rings is 1. The van der Waals surface area contributed by atoms with E-state index in [1.807, 2.05) is 54.7 Å². The van der Waals surface area contributed by atoms with Crippen molar-refractivity contribution >= 4 is 11.3 Å². The Bertz CT molecular complexity index is 805. The molecule has 4 nitrogen and oxygen atoms in total. The molecule has 22 heavy (non-hydrogen) atoms. The molecule has 0 radical (unpaired) electrons. The lowest BCUT2D eigenvalue weighted by Gasteiger charge is -1.95. The molecule has 0 aliphatic heterocycles. The number of benzene rings is 1. The van der Waals surface area contributed by atoms with Gasteiger partial charge in [-0.05, 0) is 18.2 Å². The summed E-state index contributed by atoms with van der Waals surface area (Å²) in [6, 6.07) is 18.0. The van der Waals surface area contributed by atoms with Crippen molar-refractivity contribution < 1.29 is 0 Å². The summed E-state index contributed by atoms with van der Waals surface area (Å²) >= 11 is 1.63. The molecule has 0 saturated carbocycles. The van der Waals surface area contributed by atoms with Crippen LogP contribution < -0.4 is 0 Å². The van der Waals surface area contributed by atoms with Crippen LogP contribution in [0.3, 0.4) is 0 Å². The summed E-state index contributed by atoms with van der Waals surface area (Å²) in [5.74, 6) is 0. The second-order valence-electron chi connectivity index (χ2n) is 4.80. The summed E-state index contributed by atoms with van der Waals surface area (Å²) in [7, 11) is 0. The van der Waals surface area contributed by atoms with Crippen molar-refractivity contribution in [3.05, 3.63) is 72.4 Å². The van der Waals surface area contributed by atoms with Crippen LogP contribution in [0.15, 0.2) is 72.4 Å². The van der Waals surface area contributed by atoms with Gasteiger partial charge in [-0.2, -0.15) is 0 Å². The molecule has 1 aromatic carbocycles. The van der Waals surface area contributed by atoms with Crippen LogP contribution in [-0.4, -0.2) is 20.0 Å². The molecule has 5 heteroatoms. The van der Waals surface area contributed by atoms with Gasteiger partial charge in [0.25, 0.3) is 0 Å². The van der Waals surface area contributed by atoms with Gasteiger partial charge in [-0.15, -0.1) is 16.4 Å². The van der Waals surface area contributed by atoms with E-state index in [9.17, 15) is 0 Å². The topological polar surface area (TPSA) is 43.6 Å². The maximum absolute atomic E-state index is 4.37. The molecule has 0 bridgehead atoms. The van der Waals surface area contributed by atoms with Gasteiger partial charge in [0.2, 0.25) is 0 Å².